The van der Waals surface area contributed by atoms with Crippen LogP contribution in [0.4, 0.5) is 0 Å². The van der Waals surface area contributed by atoms with E-state index < -0.39 is 0 Å². The van der Waals surface area contributed by atoms with Crippen molar-refractivity contribution < 1.29 is 4.52 Å². The SMILES string of the molecule is CCNC1CCC(c2nc(-c3ccccc3C)no2)CC1. The number of aromatic nitrogens is 2. The number of nitrogens with one attached hydrogen (secondary N) is 1. The largest absolute Gasteiger partial charge is 0.339 e. The number of aryl methyl sites for hydroxylation is 1. The van der Waals surface area contributed by atoms with E-state index in [-0.39, 0.29) is 0 Å². The van der Waals surface area contributed by atoms with Crippen LogP contribution < -0.4 is 5.32 Å². The zero-order chi connectivity index (χ0) is 14.7. The van der Waals surface area contributed by atoms with E-state index in [9.17, 15) is 0 Å². The summed E-state index contributed by atoms with van der Waals surface area (Å²) in [6.45, 7) is 5.29. The Hall–Kier alpha value is -1.68. The van der Waals surface area contributed by atoms with Crippen LogP contribution in [0.2, 0.25) is 0 Å². The number of hydrogen-bond donors (Lipinski definition) is 1. The molecule has 0 bridgehead atoms. The van der Waals surface area contributed by atoms with Gasteiger partial charge in [0.25, 0.3) is 0 Å². The highest BCUT2D eigenvalue weighted by Gasteiger charge is 2.26. The van der Waals surface area contributed by atoms with Gasteiger partial charge in [0.2, 0.25) is 11.7 Å². The molecule has 3 rings (SSSR count). The lowest BCUT2D eigenvalue weighted by atomic mass is 9.86. The zero-order valence-electron chi connectivity index (χ0n) is 12.8. The lowest BCUT2D eigenvalue weighted by Gasteiger charge is -2.26. The third kappa shape index (κ3) is 3.16. The quantitative estimate of drug-likeness (QED) is 0.931. The van der Waals surface area contributed by atoms with Gasteiger partial charge in [-0.3, -0.25) is 0 Å². The monoisotopic (exact) mass is 285 g/mol. The van der Waals surface area contributed by atoms with Gasteiger partial charge in [0, 0.05) is 17.5 Å². The Morgan fingerprint density at radius 1 is 1.19 bits per heavy atom. The maximum absolute atomic E-state index is 5.53. The molecule has 1 N–H and O–H groups in total. The predicted octanol–water partition coefficient (Wildman–Crippen LogP) is 3.68. The van der Waals surface area contributed by atoms with Crippen LogP contribution in [0.25, 0.3) is 11.4 Å². The lowest BCUT2D eigenvalue weighted by molar-refractivity contribution is 0.285. The molecule has 0 amide bonds. The van der Waals surface area contributed by atoms with Crippen molar-refractivity contribution in [3.05, 3.63) is 35.7 Å². The Balaban J connectivity index is 1.70. The lowest BCUT2D eigenvalue weighted by Crippen LogP contribution is -2.32. The van der Waals surface area contributed by atoms with Gasteiger partial charge in [0.15, 0.2) is 0 Å². The molecule has 0 saturated heterocycles. The fraction of sp³-hybridized carbons (Fsp3) is 0.529. The molecule has 1 aromatic carbocycles. The van der Waals surface area contributed by atoms with E-state index >= 15 is 0 Å². The van der Waals surface area contributed by atoms with Gasteiger partial charge >= 0.3 is 0 Å². The summed E-state index contributed by atoms with van der Waals surface area (Å²) >= 11 is 0. The van der Waals surface area contributed by atoms with Crippen molar-refractivity contribution in [3.63, 3.8) is 0 Å². The molecule has 1 saturated carbocycles. The topological polar surface area (TPSA) is 51.0 Å². The highest BCUT2D eigenvalue weighted by atomic mass is 16.5. The average Bonchev–Trinajstić information content (AvgIpc) is 2.98. The normalized spacial score (nSPS) is 22.4. The highest BCUT2D eigenvalue weighted by Crippen LogP contribution is 2.33. The van der Waals surface area contributed by atoms with Crippen molar-refractivity contribution in [1.29, 1.82) is 0 Å². The standard InChI is InChI=1S/C17H23N3O/c1-3-18-14-10-8-13(9-11-14)17-19-16(20-21-17)15-7-5-4-6-12(15)2/h4-7,13-14,18H,3,8-11H2,1-2H3. The molecule has 2 aromatic rings. The van der Waals surface area contributed by atoms with Crippen LogP contribution in [0, 0.1) is 6.92 Å². The third-order valence-electron chi connectivity index (χ3n) is 4.40. The Bertz CT molecular complexity index is 585. The average molecular weight is 285 g/mol. The molecule has 0 atom stereocenters. The van der Waals surface area contributed by atoms with Crippen molar-refractivity contribution in [2.24, 2.45) is 0 Å². The van der Waals surface area contributed by atoms with Gasteiger partial charge in [-0.1, -0.05) is 36.3 Å². The molecule has 1 aliphatic rings. The van der Waals surface area contributed by atoms with Crippen molar-refractivity contribution >= 4 is 0 Å². The van der Waals surface area contributed by atoms with Gasteiger partial charge in [-0.2, -0.15) is 4.98 Å². The van der Waals surface area contributed by atoms with Gasteiger partial charge in [-0.05, 0) is 44.7 Å². The van der Waals surface area contributed by atoms with E-state index in [0.717, 1.165) is 36.7 Å². The maximum atomic E-state index is 5.53. The fourth-order valence-electron chi connectivity index (χ4n) is 3.17. The van der Waals surface area contributed by atoms with E-state index in [1.165, 1.54) is 18.4 Å². The molecular formula is C17H23N3O. The molecule has 4 nitrogen and oxygen atoms in total. The van der Waals surface area contributed by atoms with Crippen LogP contribution in [-0.4, -0.2) is 22.7 Å². The third-order valence-corrected chi connectivity index (χ3v) is 4.40. The molecule has 0 spiro atoms. The van der Waals surface area contributed by atoms with E-state index in [1.807, 2.05) is 18.2 Å². The van der Waals surface area contributed by atoms with E-state index in [4.69, 9.17) is 4.52 Å². The Morgan fingerprint density at radius 3 is 2.67 bits per heavy atom. The smallest absolute Gasteiger partial charge is 0.230 e. The van der Waals surface area contributed by atoms with Gasteiger partial charge in [0.1, 0.15) is 0 Å². The van der Waals surface area contributed by atoms with Crippen LogP contribution in [0.15, 0.2) is 28.8 Å². The fourth-order valence-corrected chi connectivity index (χ4v) is 3.17. The van der Waals surface area contributed by atoms with E-state index in [1.54, 1.807) is 0 Å². The first-order valence-corrected chi connectivity index (χ1v) is 7.91. The minimum atomic E-state index is 0.421. The second-order valence-corrected chi connectivity index (χ2v) is 5.88. The summed E-state index contributed by atoms with van der Waals surface area (Å²) in [7, 11) is 0. The number of benzene rings is 1. The van der Waals surface area contributed by atoms with Gasteiger partial charge in [-0.25, -0.2) is 0 Å². The molecule has 1 aliphatic carbocycles. The van der Waals surface area contributed by atoms with Gasteiger partial charge < -0.3 is 9.84 Å². The summed E-state index contributed by atoms with van der Waals surface area (Å²) in [5.74, 6) is 1.95. The number of nitrogens with zero attached hydrogens (tertiary/aromatic N) is 2. The molecule has 4 heteroatoms. The van der Waals surface area contributed by atoms with Crippen molar-refractivity contribution in [1.82, 2.24) is 15.5 Å². The molecule has 21 heavy (non-hydrogen) atoms. The Morgan fingerprint density at radius 2 is 1.95 bits per heavy atom. The summed E-state index contributed by atoms with van der Waals surface area (Å²) < 4.78 is 5.53. The van der Waals surface area contributed by atoms with Crippen LogP contribution in [0.3, 0.4) is 0 Å². The van der Waals surface area contributed by atoms with E-state index in [2.05, 4.69) is 35.4 Å². The minimum absolute atomic E-state index is 0.421. The number of hydrogen-bond acceptors (Lipinski definition) is 4. The van der Waals surface area contributed by atoms with Gasteiger partial charge in [0.05, 0.1) is 0 Å². The van der Waals surface area contributed by atoms with Gasteiger partial charge in [-0.15, -0.1) is 0 Å². The predicted molar refractivity (Wildman–Crippen MR) is 83.1 cm³/mol. The van der Waals surface area contributed by atoms with Crippen LogP contribution >= 0.6 is 0 Å². The zero-order valence-corrected chi connectivity index (χ0v) is 12.8. The second-order valence-electron chi connectivity index (χ2n) is 5.88. The minimum Gasteiger partial charge on any atom is -0.339 e. The molecule has 0 aliphatic heterocycles. The van der Waals surface area contributed by atoms with Crippen LogP contribution in [0.5, 0.6) is 0 Å². The molecule has 112 valence electrons. The summed E-state index contributed by atoms with van der Waals surface area (Å²) in [6.07, 6.45) is 4.65. The first-order chi connectivity index (χ1) is 10.3. The highest BCUT2D eigenvalue weighted by molar-refractivity contribution is 5.58. The second kappa shape index (κ2) is 6.39. The van der Waals surface area contributed by atoms with Crippen LogP contribution in [-0.2, 0) is 0 Å². The number of rotatable bonds is 4. The molecular weight excluding hydrogens is 262 g/mol. The Labute approximate surface area is 126 Å². The molecule has 0 radical (unpaired) electrons. The van der Waals surface area contributed by atoms with Crippen molar-refractivity contribution in [2.45, 2.75) is 51.5 Å². The molecule has 1 fully saturated rings. The maximum Gasteiger partial charge on any atom is 0.230 e. The molecule has 1 heterocycles. The summed E-state index contributed by atoms with van der Waals surface area (Å²) in [6, 6.07) is 8.82. The molecule has 1 aromatic heterocycles. The van der Waals surface area contributed by atoms with E-state index in [0.29, 0.717) is 12.0 Å². The molecule has 0 unspecified atom stereocenters. The van der Waals surface area contributed by atoms with Crippen molar-refractivity contribution in [2.75, 3.05) is 6.54 Å². The first-order valence-electron chi connectivity index (χ1n) is 7.91. The summed E-state index contributed by atoms with van der Waals surface area (Å²) in [5.41, 5.74) is 2.24. The Kier molecular flexibility index (Phi) is 4.34. The summed E-state index contributed by atoms with van der Waals surface area (Å²) in [4.78, 5) is 4.64. The van der Waals surface area contributed by atoms with Crippen LogP contribution in [0.1, 0.15) is 50.0 Å². The van der Waals surface area contributed by atoms with Crippen molar-refractivity contribution in [3.8, 4) is 11.4 Å². The first kappa shape index (κ1) is 14.3. The summed E-state index contributed by atoms with van der Waals surface area (Å²) in [5, 5.41) is 7.70.